The Morgan fingerprint density at radius 2 is 2.04 bits per heavy atom. The molecule has 0 unspecified atom stereocenters. The molecule has 1 atom stereocenters. The zero-order chi connectivity index (χ0) is 17.7. The molecule has 0 bridgehead atoms. The van der Waals surface area contributed by atoms with Crippen LogP contribution in [0.3, 0.4) is 0 Å². The van der Waals surface area contributed by atoms with Gasteiger partial charge in [0, 0.05) is 30.6 Å². The van der Waals surface area contributed by atoms with E-state index in [0.29, 0.717) is 30.9 Å². The lowest BCUT2D eigenvalue weighted by Gasteiger charge is -2.29. The van der Waals surface area contributed by atoms with Crippen LogP contribution >= 0.6 is 0 Å². The van der Waals surface area contributed by atoms with E-state index in [4.69, 9.17) is 4.74 Å². The molecule has 130 valence electrons. The van der Waals surface area contributed by atoms with Crippen LogP contribution in [-0.4, -0.2) is 41.9 Å². The molecule has 1 N–H and O–H groups in total. The van der Waals surface area contributed by atoms with Crippen molar-refractivity contribution in [2.45, 2.75) is 45.7 Å². The average Bonchev–Trinajstić information content (AvgIpc) is 2.95. The molecule has 1 aromatic rings. The third kappa shape index (κ3) is 4.85. The molecule has 5 heteroatoms. The van der Waals surface area contributed by atoms with Crippen molar-refractivity contribution >= 4 is 11.8 Å². The zero-order valence-electron chi connectivity index (χ0n) is 14.7. The average molecular weight is 330 g/mol. The number of hydrogen-bond donors (Lipinski definition) is 1. The van der Waals surface area contributed by atoms with Crippen LogP contribution in [0.1, 0.15) is 44.0 Å². The molecule has 0 aromatic heterocycles. The summed E-state index contributed by atoms with van der Waals surface area (Å²) in [7, 11) is 0. The van der Waals surface area contributed by atoms with Gasteiger partial charge < -0.3 is 15.0 Å². The number of nitrogens with one attached hydrogen (secondary N) is 1. The van der Waals surface area contributed by atoms with Gasteiger partial charge in [0.25, 0.3) is 5.91 Å². The monoisotopic (exact) mass is 330 g/mol. The third-order valence-electron chi connectivity index (χ3n) is 3.97. The van der Waals surface area contributed by atoms with Gasteiger partial charge in [-0.2, -0.15) is 0 Å². The maximum Gasteiger partial charge on any atom is 0.254 e. The molecule has 1 fully saturated rings. The summed E-state index contributed by atoms with van der Waals surface area (Å²) in [5.41, 5.74) is 1.57. The van der Waals surface area contributed by atoms with Gasteiger partial charge in [-0.3, -0.25) is 9.59 Å². The van der Waals surface area contributed by atoms with Gasteiger partial charge >= 0.3 is 0 Å². The molecule has 5 nitrogen and oxygen atoms in total. The van der Waals surface area contributed by atoms with Crippen LogP contribution in [0, 0.1) is 0 Å². The smallest absolute Gasteiger partial charge is 0.254 e. The Kier molecular flexibility index (Phi) is 6.01. The van der Waals surface area contributed by atoms with Crippen LogP contribution in [0.5, 0.6) is 5.75 Å². The molecular formula is C19H26N2O3. The Morgan fingerprint density at radius 1 is 1.38 bits per heavy atom. The maximum absolute atomic E-state index is 12.8. The Bertz CT molecular complexity index is 608. The first-order chi connectivity index (χ1) is 11.4. The number of hydrogen-bond acceptors (Lipinski definition) is 3. The van der Waals surface area contributed by atoms with Gasteiger partial charge in [0.15, 0.2) is 0 Å². The lowest BCUT2D eigenvalue weighted by Crippen LogP contribution is -2.45. The first-order valence-corrected chi connectivity index (χ1v) is 8.34. The Hall–Kier alpha value is -2.30. The van der Waals surface area contributed by atoms with Gasteiger partial charge in [0.2, 0.25) is 5.91 Å². The molecular weight excluding hydrogens is 304 g/mol. The minimum atomic E-state index is -0.0300. The summed E-state index contributed by atoms with van der Waals surface area (Å²) >= 11 is 0. The van der Waals surface area contributed by atoms with Crippen LogP contribution in [0.4, 0.5) is 0 Å². The molecule has 0 radical (unpaired) electrons. The van der Waals surface area contributed by atoms with Crippen molar-refractivity contribution in [2.24, 2.45) is 0 Å². The highest BCUT2D eigenvalue weighted by atomic mass is 16.5. The standard InChI is InChI=1S/C19H26N2O3/c1-13(2)12-24-17-8-5-15(6-9-17)19(23)21(14(3)4)11-16-7-10-18(22)20-16/h5-6,8-9,14,16H,1,7,10-12H2,2-4H3,(H,20,22)/t16-/m1/s1. The van der Waals surface area contributed by atoms with Gasteiger partial charge in [0.1, 0.15) is 12.4 Å². The van der Waals surface area contributed by atoms with Gasteiger partial charge in [0.05, 0.1) is 0 Å². The van der Waals surface area contributed by atoms with E-state index in [0.717, 1.165) is 12.0 Å². The molecule has 1 heterocycles. The number of rotatable bonds is 7. The Morgan fingerprint density at radius 3 is 2.54 bits per heavy atom. The Balaban J connectivity index is 2.03. The van der Waals surface area contributed by atoms with Crippen LogP contribution in [-0.2, 0) is 4.79 Å². The molecule has 1 aromatic carbocycles. The second-order valence-electron chi connectivity index (χ2n) is 6.62. The van der Waals surface area contributed by atoms with Gasteiger partial charge in [-0.1, -0.05) is 6.58 Å². The largest absolute Gasteiger partial charge is 0.489 e. The molecule has 0 aliphatic carbocycles. The number of benzene rings is 1. The maximum atomic E-state index is 12.8. The summed E-state index contributed by atoms with van der Waals surface area (Å²) in [5, 5.41) is 2.92. The van der Waals surface area contributed by atoms with Gasteiger partial charge in [-0.15, -0.1) is 0 Å². The van der Waals surface area contributed by atoms with Crippen LogP contribution in [0.2, 0.25) is 0 Å². The molecule has 24 heavy (non-hydrogen) atoms. The highest BCUT2D eigenvalue weighted by Gasteiger charge is 2.27. The van der Waals surface area contributed by atoms with E-state index in [1.165, 1.54) is 0 Å². The molecule has 1 saturated heterocycles. The molecule has 1 aliphatic heterocycles. The zero-order valence-corrected chi connectivity index (χ0v) is 14.7. The molecule has 0 spiro atoms. The number of ether oxygens (including phenoxy) is 1. The first kappa shape index (κ1) is 18.0. The number of amides is 2. The van der Waals surface area contributed by atoms with Crippen molar-refractivity contribution in [1.29, 1.82) is 0 Å². The predicted molar refractivity (Wildman–Crippen MR) is 94.1 cm³/mol. The number of carbonyl (C=O) groups excluding carboxylic acids is 2. The van der Waals surface area contributed by atoms with E-state index >= 15 is 0 Å². The van der Waals surface area contributed by atoms with E-state index in [1.54, 1.807) is 29.2 Å². The number of nitrogens with zero attached hydrogens (tertiary/aromatic N) is 1. The summed E-state index contributed by atoms with van der Waals surface area (Å²) in [6.07, 6.45) is 1.32. The highest BCUT2D eigenvalue weighted by molar-refractivity contribution is 5.94. The van der Waals surface area contributed by atoms with E-state index in [-0.39, 0.29) is 23.9 Å². The summed E-state index contributed by atoms with van der Waals surface area (Å²) in [6.45, 7) is 10.7. The van der Waals surface area contributed by atoms with Crippen molar-refractivity contribution < 1.29 is 14.3 Å². The highest BCUT2D eigenvalue weighted by Crippen LogP contribution is 2.17. The Labute approximate surface area is 143 Å². The quantitative estimate of drug-likeness (QED) is 0.782. The fourth-order valence-electron chi connectivity index (χ4n) is 2.65. The number of carbonyl (C=O) groups is 2. The van der Waals surface area contributed by atoms with Gasteiger partial charge in [-0.05, 0) is 57.0 Å². The van der Waals surface area contributed by atoms with E-state index in [9.17, 15) is 9.59 Å². The summed E-state index contributed by atoms with van der Waals surface area (Å²) in [6, 6.07) is 7.26. The SMILES string of the molecule is C=C(C)COc1ccc(C(=O)N(C[C@H]2CCC(=O)N2)C(C)C)cc1. The molecule has 2 amide bonds. The fourth-order valence-corrected chi connectivity index (χ4v) is 2.65. The fraction of sp³-hybridized carbons (Fsp3) is 0.474. The molecule has 0 saturated carbocycles. The van der Waals surface area contributed by atoms with Crippen molar-refractivity contribution in [2.75, 3.05) is 13.2 Å². The van der Waals surface area contributed by atoms with Crippen LogP contribution < -0.4 is 10.1 Å². The second-order valence-corrected chi connectivity index (χ2v) is 6.62. The van der Waals surface area contributed by atoms with Crippen LogP contribution in [0.25, 0.3) is 0 Å². The van der Waals surface area contributed by atoms with Crippen LogP contribution in [0.15, 0.2) is 36.4 Å². The van der Waals surface area contributed by atoms with Crippen molar-refractivity contribution in [3.05, 3.63) is 42.0 Å². The molecule has 1 aliphatic rings. The lowest BCUT2D eigenvalue weighted by molar-refractivity contribution is -0.119. The molecule has 2 rings (SSSR count). The normalized spacial score (nSPS) is 16.8. The first-order valence-electron chi connectivity index (χ1n) is 8.34. The third-order valence-corrected chi connectivity index (χ3v) is 3.97. The van der Waals surface area contributed by atoms with E-state index in [1.807, 2.05) is 20.8 Å². The summed E-state index contributed by atoms with van der Waals surface area (Å²) < 4.78 is 5.56. The summed E-state index contributed by atoms with van der Waals surface area (Å²) in [5.74, 6) is 0.751. The van der Waals surface area contributed by atoms with E-state index in [2.05, 4.69) is 11.9 Å². The van der Waals surface area contributed by atoms with Crippen molar-refractivity contribution in [1.82, 2.24) is 10.2 Å². The summed E-state index contributed by atoms with van der Waals surface area (Å²) in [4.78, 5) is 26.0. The van der Waals surface area contributed by atoms with Gasteiger partial charge in [-0.25, -0.2) is 0 Å². The van der Waals surface area contributed by atoms with E-state index < -0.39 is 0 Å². The lowest BCUT2D eigenvalue weighted by atomic mass is 10.1. The minimum absolute atomic E-state index is 0.0300. The minimum Gasteiger partial charge on any atom is -0.489 e. The predicted octanol–water partition coefficient (Wildman–Crippen LogP) is 2.77. The van der Waals surface area contributed by atoms with Crippen molar-refractivity contribution in [3.8, 4) is 5.75 Å². The van der Waals surface area contributed by atoms with Crippen molar-refractivity contribution in [3.63, 3.8) is 0 Å². The topological polar surface area (TPSA) is 58.6 Å². The second kappa shape index (κ2) is 7.99.